The van der Waals surface area contributed by atoms with Crippen LogP contribution < -0.4 is 0 Å². The molecule has 2 rings (SSSR count). The van der Waals surface area contributed by atoms with Gasteiger partial charge in [-0.25, -0.2) is 16.8 Å². The summed E-state index contributed by atoms with van der Waals surface area (Å²) in [5.41, 5.74) is 0. The van der Waals surface area contributed by atoms with Crippen LogP contribution in [0.3, 0.4) is 0 Å². The average molecular weight is 352 g/mol. The summed E-state index contributed by atoms with van der Waals surface area (Å²) in [6.07, 6.45) is 2.71. The number of halogens is 1. The van der Waals surface area contributed by atoms with E-state index in [1.807, 2.05) is 0 Å². The Morgan fingerprint density at radius 3 is 2.14 bits per heavy atom. The van der Waals surface area contributed by atoms with Crippen LogP contribution in [0.5, 0.6) is 0 Å². The highest BCUT2D eigenvalue weighted by molar-refractivity contribution is 8.13. The molecule has 1 aliphatic rings. The van der Waals surface area contributed by atoms with E-state index in [4.69, 9.17) is 10.7 Å². The Hall–Kier alpha value is -0.630. The van der Waals surface area contributed by atoms with Crippen molar-refractivity contribution in [2.24, 2.45) is 5.92 Å². The minimum Gasteiger partial charge on any atom is -0.207 e. The quantitative estimate of drug-likeness (QED) is 0.784. The zero-order valence-electron chi connectivity index (χ0n) is 11.7. The van der Waals surface area contributed by atoms with E-state index in [0.717, 1.165) is 19.3 Å². The zero-order valence-corrected chi connectivity index (χ0v) is 14.1. The summed E-state index contributed by atoms with van der Waals surface area (Å²) < 4.78 is 48.9. The van der Waals surface area contributed by atoms with E-state index in [9.17, 15) is 16.8 Å². The molecule has 0 spiro atoms. The SMILES string of the molecule is CC1CCCN(S(=O)(=O)c2ccc(S(=O)(=O)Cl)cc2)CC1. The number of hydrogen-bond donors (Lipinski definition) is 0. The smallest absolute Gasteiger partial charge is 0.207 e. The predicted octanol–water partition coefficient (Wildman–Crippen LogP) is 2.42. The van der Waals surface area contributed by atoms with Crippen LogP contribution in [0, 0.1) is 5.92 Å². The first-order chi connectivity index (χ1) is 9.71. The van der Waals surface area contributed by atoms with E-state index in [-0.39, 0.29) is 9.79 Å². The van der Waals surface area contributed by atoms with E-state index in [2.05, 4.69) is 6.92 Å². The van der Waals surface area contributed by atoms with Gasteiger partial charge < -0.3 is 0 Å². The standard InChI is InChI=1S/C13H18ClNO4S2/c1-11-3-2-9-15(10-8-11)21(18,19)13-6-4-12(5-7-13)20(14,16)17/h4-7,11H,2-3,8-10H2,1H3. The van der Waals surface area contributed by atoms with E-state index in [0.29, 0.717) is 19.0 Å². The molecule has 1 heterocycles. The van der Waals surface area contributed by atoms with E-state index < -0.39 is 19.1 Å². The summed E-state index contributed by atoms with van der Waals surface area (Å²) in [6, 6.07) is 5.02. The van der Waals surface area contributed by atoms with Crippen molar-refractivity contribution >= 4 is 29.8 Å². The molecule has 118 valence electrons. The first-order valence-electron chi connectivity index (χ1n) is 6.76. The maximum Gasteiger partial charge on any atom is 0.261 e. The maximum atomic E-state index is 12.6. The third-order valence-corrected chi connectivity index (χ3v) is 7.00. The van der Waals surface area contributed by atoms with Crippen molar-refractivity contribution in [3.63, 3.8) is 0 Å². The molecule has 0 saturated carbocycles. The third-order valence-electron chi connectivity index (χ3n) is 3.72. The zero-order chi connectivity index (χ0) is 15.7. The minimum atomic E-state index is -3.84. The van der Waals surface area contributed by atoms with Crippen LogP contribution in [0.2, 0.25) is 0 Å². The lowest BCUT2D eigenvalue weighted by Gasteiger charge is -2.20. The highest BCUT2D eigenvalue weighted by atomic mass is 35.7. The molecule has 0 aromatic heterocycles. The lowest BCUT2D eigenvalue weighted by Crippen LogP contribution is -2.32. The molecule has 1 fully saturated rings. The number of nitrogens with zero attached hydrogens (tertiary/aromatic N) is 1. The van der Waals surface area contributed by atoms with Crippen LogP contribution in [0.25, 0.3) is 0 Å². The highest BCUT2D eigenvalue weighted by Crippen LogP contribution is 2.24. The van der Waals surface area contributed by atoms with Gasteiger partial charge in [-0.2, -0.15) is 4.31 Å². The van der Waals surface area contributed by atoms with Crippen LogP contribution >= 0.6 is 10.7 Å². The van der Waals surface area contributed by atoms with Crippen molar-refractivity contribution in [3.8, 4) is 0 Å². The van der Waals surface area contributed by atoms with Crippen molar-refractivity contribution in [3.05, 3.63) is 24.3 Å². The number of hydrogen-bond acceptors (Lipinski definition) is 4. The van der Waals surface area contributed by atoms with Gasteiger partial charge in [-0.05, 0) is 49.4 Å². The number of benzene rings is 1. The monoisotopic (exact) mass is 351 g/mol. The van der Waals surface area contributed by atoms with Crippen molar-refractivity contribution in [2.75, 3.05) is 13.1 Å². The number of rotatable bonds is 3. The summed E-state index contributed by atoms with van der Waals surface area (Å²) >= 11 is 0. The van der Waals surface area contributed by atoms with E-state index >= 15 is 0 Å². The normalized spacial score (nSPS) is 21.9. The molecule has 1 saturated heterocycles. The van der Waals surface area contributed by atoms with Crippen LogP contribution in [0.4, 0.5) is 0 Å². The Bertz CT molecular complexity index is 698. The predicted molar refractivity (Wildman–Crippen MR) is 81.3 cm³/mol. The molecule has 0 amide bonds. The Balaban J connectivity index is 2.27. The van der Waals surface area contributed by atoms with Crippen molar-refractivity contribution in [2.45, 2.75) is 36.0 Å². The van der Waals surface area contributed by atoms with Gasteiger partial charge in [-0.3, -0.25) is 0 Å². The topological polar surface area (TPSA) is 71.5 Å². The van der Waals surface area contributed by atoms with Crippen LogP contribution in [-0.4, -0.2) is 34.2 Å². The van der Waals surface area contributed by atoms with Crippen molar-refractivity contribution in [1.82, 2.24) is 4.31 Å². The van der Waals surface area contributed by atoms with E-state index in [1.54, 1.807) is 0 Å². The summed E-state index contributed by atoms with van der Waals surface area (Å²) in [5, 5.41) is 0. The molecule has 0 radical (unpaired) electrons. The van der Waals surface area contributed by atoms with Gasteiger partial charge in [0.25, 0.3) is 9.05 Å². The summed E-state index contributed by atoms with van der Waals surface area (Å²) in [6.45, 7) is 3.12. The Morgan fingerprint density at radius 1 is 1.00 bits per heavy atom. The lowest BCUT2D eigenvalue weighted by atomic mass is 10.0. The van der Waals surface area contributed by atoms with Gasteiger partial charge >= 0.3 is 0 Å². The molecule has 0 aliphatic carbocycles. The van der Waals surface area contributed by atoms with E-state index in [1.165, 1.54) is 28.6 Å². The molecule has 5 nitrogen and oxygen atoms in total. The summed E-state index contributed by atoms with van der Waals surface area (Å²) in [7, 11) is -2.19. The second-order valence-electron chi connectivity index (χ2n) is 5.35. The van der Waals surface area contributed by atoms with Gasteiger partial charge in [0.1, 0.15) is 0 Å². The van der Waals surface area contributed by atoms with Crippen LogP contribution in [-0.2, 0) is 19.1 Å². The maximum absolute atomic E-state index is 12.6. The fraction of sp³-hybridized carbons (Fsp3) is 0.538. The molecule has 0 bridgehead atoms. The van der Waals surface area contributed by atoms with Crippen molar-refractivity contribution in [1.29, 1.82) is 0 Å². The summed E-state index contributed by atoms with van der Waals surface area (Å²) in [4.78, 5) is -0.00581. The molecule has 1 unspecified atom stereocenters. The van der Waals surface area contributed by atoms with Gasteiger partial charge in [0.05, 0.1) is 9.79 Å². The van der Waals surface area contributed by atoms with Crippen LogP contribution in [0.1, 0.15) is 26.2 Å². The Kier molecular flexibility index (Phi) is 4.97. The van der Waals surface area contributed by atoms with Gasteiger partial charge in [0.15, 0.2) is 0 Å². The molecular weight excluding hydrogens is 334 g/mol. The van der Waals surface area contributed by atoms with Gasteiger partial charge in [-0.1, -0.05) is 6.92 Å². The largest absolute Gasteiger partial charge is 0.261 e. The fourth-order valence-corrected chi connectivity index (χ4v) is 4.66. The van der Waals surface area contributed by atoms with Crippen molar-refractivity contribution < 1.29 is 16.8 Å². The Morgan fingerprint density at radius 2 is 1.57 bits per heavy atom. The Labute approximate surface area is 130 Å². The van der Waals surface area contributed by atoms with Gasteiger partial charge in [0, 0.05) is 23.8 Å². The van der Waals surface area contributed by atoms with Gasteiger partial charge in [0.2, 0.25) is 10.0 Å². The van der Waals surface area contributed by atoms with Gasteiger partial charge in [-0.15, -0.1) is 0 Å². The third kappa shape index (κ3) is 3.97. The van der Waals surface area contributed by atoms with Crippen LogP contribution in [0.15, 0.2) is 34.1 Å². The highest BCUT2D eigenvalue weighted by Gasteiger charge is 2.26. The second-order valence-corrected chi connectivity index (χ2v) is 9.85. The first kappa shape index (κ1) is 16.7. The lowest BCUT2D eigenvalue weighted by molar-refractivity contribution is 0.416. The molecule has 1 aliphatic heterocycles. The summed E-state index contributed by atoms with van der Waals surface area (Å²) in [5.74, 6) is 0.522. The molecule has 21 heavy (non-hydrogen) atoms. The minimum absolute atomic E-state index is 0.0983. The number of sulfonamides is 1. The average Bonchev–Trinajstić information content (AvgIpc) is 2.63. The first-order valence-corrected chi connectivity index (χ1v) is 10.5. The molecular formula is C13H18ClNO4S2. The molecule has 8 heteroatoms. The molecule has 1 aromatic rings. The molecule has 1 aromatic carbocycles. The molecule has 1 atom stereocenters. The fourth-order valence-electron chi connectivity index (χ4n) is 2.40. The molecule has 0 N–H and O–H groups in total. The second kappa shape index (κ2) is 6.24.